The molecule has 2 N–H and O–H groups in total. The van der Waals surface area contributed by atoms with E-state index >= 15 is 0 Å². The molecular formula is C26H33ClN6O3. The summed E-state index contributed by atoms with van der Waals surface area (Å²) in [5, 5.41) is 5.60. The molecule has 2 aliphatic heterocycles. The zero-order valence-corrected chi connectivity index (χ0v) is 21.3. The highest BCUT2D eigenvalue weighted by molar-refractivity contribution is 6.31. The smallest absolute Gasteiger partial charge is 0.278 e. The number of carbonyl (C=O) groups excluding carboxylic acids is 1. The van der Waals surface area contributed by atoms with Crippen molar-refractivity contribution < 1.29 is 14.4 Å². The van der Waals surface area contributed by atoms with Crippen LogP contribution in [0.1, 0.15) is 48.0 Å². The van der Waals surface area contributed by atoms with Crippen LogP contribution < -0.4 is 15.7 Å². The Bertz CT molecular complexity index is 1170. The number of amides is 1. The number of anilines is 1. The van der Waals surface area contributed by atoms with Crippen LogP contribution in [-0.2, 0) is 23.2 Å². The summed E-state index contributed by atoms with van der Waals surface area (Å²) in [6, 6.07) is 6.04. The average Bonchev–Trinajstić information content (AvgIpc) is 3.22. The highest BCUT2D eigenvalue weighted by Crippen LogP contribution is 2.25. The fourth-order valence-corrected chi connectivity index (χ4v) is 5.09. The van der Waals surface area contributed by atoms with Gasteiger partial charge in [-0.3, -0.25) is 4.79 Å². The quantitative estimate of drug-likeness (QED) is 0.443. The summed E-state index contributed by atoms with van der Waals surface area (Å²) in [7, 11) is 2.07. The second-order valence-corrected chi connectivity index (χ2v) is 10.0. The van der Waals surface area contributed by atoms with E-state index in [9.17, 15) is 4.79 Å². The van der Waals surface area contributed by atoms with Gasteiger partial charge in [0.1, 0.15) is 0 Å². The lowest BCUT2D eigenvalue weighted by molar-refractivity contribution is -0.186. The lowest BCUT2D eigenvalue weighted by atomic mass is 9.97. The summed E-state index contributed by atoms with van der Waals surface area (Å²) in [6.45, 7) is 4.23. The maximum atomic E-state index is 12.3. The van der Waals surface area contributed by atoms with Gasteiger partial charge in [-0.25, -0.2) is 20.3 Å². The van der Waals surface area contributed by atoms with Crippen LogP contribution in [-0.4, -0.2) is 53.0 Å². The Kier molecular flexibility index (Phi) is 8.01. The molecule has 5 rings (SSSR count). The van der Waals surface area contributed by atoms with Crippen molar-refractivity contribution in [1.82, 2.24) is 25.3 Å². The number of benzene rings is 1. The fraction of sp³-hybridized carbons (Fsp3) is 0.500. The summed E-state index contributed by atoms with van der Waals surface area (Å²) >= 11 is 6.21. The highest BCUT2D eigenvalue weighted by atomic mass is 35.5. The second kappa shape index (κ2) is 11.6. The number of hydrogen-bond acceptors (Lipinski definition) is 7. The van der Waals surface area contributed by atoms with E-state index in [1.165, 1.54) is 16.5 Å². The molecule has 0 aliphatic carbocycles. The Balaban J connectivity index is 1.06. The molecule has 1 atom stereocenters. The van der Waals surface area contributed by atoms with Crippen LogP contribution in [0.15, 0.2) is 36.8 Å². The molecular weight excluding hydrogens is 480 g/mol. The molecule has 0 saturated carbocycles. The zero-order chi connectivity index (χ0) is 24.9. The van der Waals surface area contributed by atoms with Gasteiger partial charge < -0.3 is 19.5 Å². The normalized spacial score (nSPS) is 19.1. The van der Waals surface area contributed by atoms with E-state index in [0.717, 1.165) is 63.3 Å². The van der Waals surface area contributed by atoms with Crippen molar-refractivity contribution in [3.8, 4) is 0 Å². The van der Waals surface area contributed by atoms with Crippen molar-refractivity contribution >= 4 is 34.4 Å². The van der Waals surface area contributed by atoms with E-state index in [4.69, 9.17) is 21.2 Å². The third-order valence-corrected chi connectivity index (χ3v) is 7.24. The minimum absolute atomic E-state index is 0.364. The maximum absolute atomic E-state index is 12.3. The number of aryl methyl sites for hydroxylation is 1. The molecule has 4 heterocycles. The predicted octanol–water partition coefficient (Wildman–Crippen LogP) is 3.82. The number of carbonyl (C=O) groups is 1. The van der Waals surface area contributed by atoms with E-state index in [2.05, 4.69) is 49.5 Å². The lowest BCUT2D eigenvalue weighted by Gasteiger charge is -2.32. The molecule has 2 saturated heterocycles. The number of fused-ring (bicyclic) bond motifs is 1. The van der Waals surface area contributed by atoms with Crippen LogP contribution in [0.2, 0.25) is 5.02 Å². The van der Waals surface area contributed by atoms with Crippen molar-refractivity contribution in [3.63, 3.8) is 0 Å². The number of hydroxylamine groups is 1. The second-order valence-electron chi connectivity index (χ2n) is 9.60. The molecule has 3 aromatic rings. The van der Waals surface area contributed by atoms with Crippen LogP contribution in [0, 0.1) is 5.92 Å². The summed E-state index contributed by atoms with van der Waals surface area (Å²) < 4.78 is 7.60. The van der Waals surface area contributed by atoms with Gasteiger partial charge in [0.15, 0.2) is 6.29 Å². The number of hydrogen-bond donors (Lipinski definition) is 2. The summed E-state index contributed by atoms with van der Waals surface area (Å²) in [5.74, 6) is 0.889. The third-order valence-electron chi connectivity index (χ3n) is 7.00. The minimum Gasteiger partial charge on any atom is -0.350 e. The van der Waals surface area contributed by atoms with E-state index in [1.54, 1.807) is 12.4 Å². The zero-order valence-electron chi connectivity index (χ0n) is 20.6. The largest absolute Gasteiger partial charge is 0.350 e. The van der Waals surface area contributed by atoms with Gasteiger partial charge in [-0.1, -0.05) is 11.6 Å². The van der Waals surface area contributed by atoms with Crippen LogP contribution in [0.4, 0.5) is 5.95 Å². The number of nitrogens with one attached hydrogen (secondary N) is 2. The highest BCUT2D eigenvalue weighted by Gasteiger charge is 2.22. The molecule has 1 aromatic carbocycles. The maximum Gasteiger partial charge on any atom is 0.278 e. The topological polar surface area (TPSA) is 93.5 Å². The third kappa shape index (κ3) is 5.98. The molecule has 1 amide bonds. The van der Waals surface area contributed by atoms with Gasteiger partial charge in [-0.2, -0.15) is 0 Å². The van der Waals surface area contributed by atoms with Gasteiger partial charge in [0.05, 0.1) is 5.56 Å². The minimum atomic E-state index is -0.385. The first kappa shape index (κ1) is 25.0. The van der Waals surface area contributed by atoms with Gasteiger partial charge in [0, 0.05) is 74.2 Å². The number of piperidine rings is 1. The summed E-state index contributed by atoms with van der Waals surface area (Å²) in [6.07, 6.45) is 9.85. The monoisotopic (exact) mass is 512 g/mol. The Morgan fingerprint density at radius 1 is 1.19 bits per heavy atom. The van der Waals surface area contributed by atoms with Crippen molar-refractivity contribution in [2.75, 3.05) is 31.1 Å². The van der Waals surface area contributed by atoms with Crippen molar-refractivity contribution in [2.45, 2.75) is 44.9 Å². The Hall–Kier alpha value is -2.72. The molecule has 0 radical (unpaired) electrons. The Morgan fingerprint density at radius 2 is 2.00 bits per heavy atom. The van der Waals surface area contributed by atoms with Crippen LogP contribution in [0.25, 0.3) is 10.9 Å². The van der Waals surface area contributed by atoms with Gasteiger partial charge in [-0.15, -0.1) is 0 Å². The first-order chi connectivity index (χ1) is 17.6. The first-order valence-electron chi connectivity index (χ1n) is 12.7. The molecule has 10 heteroatoms. The molecule has 2 fully saturated rings. The molecule has 9 nitrogen and oxygen atoms in total. The number of rotatable bonds is 8. The fourth-order valence-electron chi connectivity index (χ4n) is 4.92. The number of nitrogens with zero attached hydrogens (tertiary/aromatic N) is 4. The number of ether oxygens (including phenoxy) is 1. The summed E-state index contributed by atoms with van der Waals surface area (Å²) in [4.78, 5) is 28.7. The van der Waals surface area contributed by atoms with Crippen molar-refractivity contribution in [1.29, 1.82) is 0 Å². The van der Waals surface area contributed by atoms with E-state index < -0.39 is 0 Å². The van der Waals surface area contributed by atoms with Crippen molar-refractivity contribution in [3.05, 3.63) is 52.9 Å². The van der Waals surface area contributed by atoms with E-state index in [-0.39, 0.29) is 12.2 Å². The molecule has 192 valence electrons. The Labute approximate surface area is 216 Å². The van der Waals surface area contributed by atoms with Gasteiger partial charge in [0.2, 0.25) is 5.95 Å². The molecule has 36 heavy (non-hydrogen) atoms. The summed E-state index contributed by atoms with van der Waals surface area (Å²) in [5.41, 5.74) is 5.27. The number of halogens is 1. The molecule has 2 aromatic heterocycles. The van der Waals surface area contributed by atoms with E-state index in [1.807, 2.05) is 12.1 Å². The standard InChI is InChI=1S/C26H33ClN6O3/c1-32-17-20(22-12-21(27)5-6-23(22)32)14-28-13-18-7-9-33(10-8-18)26-29-15-19(16-30-26)25(34)31-36-24-4-2-3-11-35-24/h5-6,12,15-18,24,28H,2-4,7-11,13-14H2,1H3,(H,31,34). The van der Waals surface area contributed by atoms with Gasteiger partial charge in [-0.05, 0) is 61.9 Å². The predicted molar refractivity (Wildman–Crippen MR) is 139 cm³/mol. The average molecular weight is 513 g/mol. The molecule has 0 bridgehead atoms. The van der Waals surface area contributed by atoms with Crippen LogP contribution in [0.3, 0.4) is 0 Å². The molecule has 0 spiro atoms. The molecule has 1 unspecified atom stereocenters. The van der Waals surface area contributed by atoms with E-state index in [0.29, 0.717) is 24.0 Å². The Morgan fingerprint density at radius 3 is 2.75 bits per heavy atom. The molecule has 2 aliphatic rings. The van der Waals surface area contributed by atoms with Crippen LogP contribution in [0.5, 0.6) is 0 Å². The van der Waals surface area contributed by atoms with Gasteiger partial charge >= 0.3 is 0 Å². The van der Waals surface area contributed by atoms with Crippen LogP contribution >= 0.6 is 11.6 Å². The SMILES string of the molecule is Cn1cc(CNCC2CCN(c3ncc(C(=O)NOC4CCCCO4)cn3)CC2)c2cc(Cl)ccc21. The number of aromatic nitrogens is 3. The van der Waals surface area contributed by atoms with Gasteiger partial charge in [0.25, 0.3) is 5.91 Å². The van der Waals surface area contributed by atoms with Crippen molar-refractivity contribution in [2.24, 2.45) is 13.0 Å². The first-order valence-corrected chi connectivity index (χ1v) is 13.0. The lowest BCUT2D eigenvalue weighted by Crippen LogP contribution is -2.38.